The maximum atomic E-state index is 11.6. The zero-order valence-electron chi connectivity index (χ0n) is 14.8. The first-order chi connectivity index (χ1) is 13.2. The molecule has 2 aromatic carbocycles. The summed E-state index contributed by atoms with van der Waals surface area (Å²) in [5, 5.41) is 5.41. The molecule has 2 rings (SSSR count). The molecule has 0 aliphatic rings. The average Bonchev–Trinajstić information content (AvgIpc) is 2.68. The minimum Gasteiger partial charge on any atom is -0.445 e. The Labute approximate surface area is 164 Å². The van der Waals surface area contributed by atoms with Crippen molar-refractivity contribution in [2.45, 2.75) is 19.4 Å². The molecule has 0 unspecified atom stereocenters. The highest BCUT2D eigenvalue weighted by atomic mass is 35.5. The summed E-state index contributed by atoms with van der Waals surface area (Å²) in [5.41, 5.74) is 2.48. The van der Waals surface area contributed by atoms with Crippen LogP contribution in [-0.4, -0.2) is 24.4 Å². The van der Waals surface area contributed by atoms with E-state index in [4.69, 9.17) is 16.3 Å². The predicted octanol–water partition coefficient (Wildman–Crippen LogP) is 3.92. The lowest BCUT2D eigenvalue weighted by atomic mass is 10.2. The Bertz CT molecular complexity index is 796. The van der Waals surface area contributed by atoms with Crippen LogP contribution in [0.4, 0.5) is 10.5 Å². The van der Waals surface area contributed by atoms with Gasteiger partial charge in [0, 0.05) is 36.5 Å². The minimum absolute atomic E-state index is 0.117. The first kappa shape index (κ1) is 20.3. The molecular formula is C21H21ClN2O3. The first-order valence-corrected chi connectivity index (χ1v) is 9.10. The zero-order valence-corrected chi connectivity index (χ0v) is 15.6. The third kappa shape index (κ3) is 8.30. The van der Waals surface area contributed by atoms with Gasteiger partial charge in [0.15, 0.2) is 0 Å². The third-order valence-electron chi connectivity index (χ3n) is 3.46. The Morgan fingerprint density at radius 3 is 2.48 bits per heavy atom. The Morgan fingerprint density at radius 1 is 1.04 bits per heavy atom. The van der Waals surface area contributed by atoms with Crippen molar-refractivity contribution in [2.75, 3.05) is 17.7 Å². The number of amides is 2. The second kappa shape index (κ2) is 11.6. The van der Waals surface area contributed by atoms with E-state index in [2.05, 4.69) is 22.5 Å². The number of carbonyl (C=O) groups excluding carboxylic acids is 2. The lowest BCUT2D eigenvalue weighted by molar-refractivity contribution is -0.115. The van der Waals surface area contributed by atoms with E-state index in [1.807, 2.05) is 42.5 Å². The maximum absolute atomic E-state index is 11.6. The summed E-state index contributed by atoms with van der Waals surface area (Å²) >= 11 is 5.52. The highest BCUT2D eigenvalue weighted by Gasteiger charge is 2.01. The van der Waals surface area contributed by atoms with Crippen LogP contribution in [0.15, 0.2) is 54.6 Å². The van der Waals surface area contributed by atoms with Gasteiger partial charge in [-0.25, -0.2) is 4.79 Å². The smallest absolute Gasteiger partial charge is 0.407 e. The highest BCUT2D eigenvalue weighted by Crippen LogP contribution is 2.09. The van der Waals surface area contributed by atoms with E-state index in [-0.39, 0.29) is 18.9 Å². The Morgan fingerprint density at radius 2 is 1.78 bits per heavy atom. The number of alkyl carbamates (subject to hydrolysis) is 1. The van der Waals surface area contributed by atoms with Crippen LogP contribution in [0, 0.1) is 11.8 Å². The largest absolute Gasteiger partial charge is 0.445 e. The van der Waals surface area contributed by atoms with Gasteiger partial charge in [0.05, 0.1) is 0 Å². The van der Waals surface area contributed by atoms with Gasteiger partial charge in [-0.3, -0.25) is 4.79 Å². The Hall–Kier alpha value is -2.97. The van der Waals surface area contributed by atoms with Crippen LogP contribution in [0.2, 0.25) is 0 Å². The van der Waals surface area contributed by atoms with Crippen LogP contribution >= 0.6 is 11.6 Å². The van der Waals surface area contributed by atoms with Crippen LogP contribution < -0.4 is 10.6 Å². The SMILES string of the molecule is O=C(CCCl)Nc1ccc(C#CCCNC(=O)OCc2ccccc2)cc1. The number of halogens is 1. The molecule has 27 heavy (non-hydrogen) atoms. The van der Waals surface area contributed by atoms with Gasteiger partial charge in [-0.1, -0.05) is 42.2 Å². The fourth-order valence-corrected chi connectivity index (χ4v) is 2.28. The molecule has 2 N–H and O–H groups in total. The highest BCUT2D eigenvalue weighted by molar-refractivity contribution is 6.19. The lowest BCUT2D eigenvalue weighted by Crippen LogP contribution is -2.24. The van der Waals surface area contributed by atoms with Gasteiger partial charge in [-0.2, -0.15) is 0 Å². The number of hydrogen-bond donors (Lipinski definition) is 2. The molecule has 0 bridgehead atoms. The Kier molecular flexibility index (Phi) is 8.75. The van der Waals surface area contributed by atoms with Crippen LogP contribution in [-0.2, 0) is 16.1 Å². The second-order valence-electron chi connectivity index (χ2n) is 5.60. The monoisotopic (exact) mass is 384 g/mol. The molecule has 0 radical (unpaired) electrons. The number of rotatable bonds is 7. The molecule has 0 fully saturated rings. The molecule has 2 amide bonds. The molecule has 0 spiro atoms. The van der Waals surface area contributed by atoms with Crippen molar-refractivity contribution in [3.8, 4) is 11.8 Å². The van der Waals surface area contributed by atoms with Crippen LogP contribution in [0.5, 0.6) is 0 Å². The number of anilines is 1. The molecular weight excluding hydrogens is 364 g/mol. The van der Waals surface area contributed by atoms with Gasteiger partial charge in [-0.15, -0.1) is 11.6 Å². The summed E-state index contributed by atoms with van der Waals surface area (Å²) in [6, 6.07) is 16.7. The number of nitrogens with one attached hydrogen (secondary N) is 2. The number of carbonyl (C=O) groups is 2. The maximum Gasteiger partial charge on any atom is 0.407 e. The summed E-state index contributed by atoms with van der Waals surface area (Å²) in [7, 11) is 0. The zero-order chi connectivity index (χ0) is 19.3. The van der Waals surface area contributed by atoms with Gasteiger partial charge in [0.2, 0.25) is 5.91 Å². The molecule has 0 atom stereocenters. The molecule has 6 heteroatoms. The second-order valence-corrected chi connectivity index (χ2v) is 5.98. The van der Waals surface area contributed by atoms with Gasteiger partial charge in [0.1, 0.15) is 6.61 Å². The number of alkyl halides is 1. The molecule has 5 nitrogen and oxygen atoms in total. The molecule has 0 heterocycles. The van der Waals surface area contributed by atoms with Crippen LogP contribution in [0.1, 0.15) is 24.0 Å². The van der Waals surface area contributed by atoms with E-state index in [0.717, 1.165) is 11.1 Å². The van der Waals surface area contributed by atoms with Gasteiger partial charge < -0.3 is 15.4 Å². The van der Waals surface area contributed by atoms with Gasteiger partial charge >= 0.3 is 6.09 Å². The van der Waals surface area contributed by atoms with E-state index in [1.165, 1.54) is 0 Å². The predicted molar refractivity (Wildman–Crippen MR) is 107 cm³/mol. The minimum atomic E-state index is -0.460. The molecule has 2 aromatic rings. The molecule has 0 aliphatic heterocycles. The van der Waals surface area contributed by atoms with E-state index in [0.29, 0.717) is 24.5 Å². The summed E-state index contributed by atoms with van der Waals surface area (Å²) in [4.78, 5) is 23.1. The summed E-state index contributed by atoms with van der Waals surface area (Å²) < 4.78 is 5.11. The van der Waals surface area contributed by atoms with Crippen molar-refractivity contribution in [3.63, 3.8) is 0 Å². The molecule has 140 valence electrons. The van der Waals surface area contributed by atoms with E-state index in [9.17, 15) is 9.59 Å². The van der Waals surface area contributed by atoms with Gasteiger partial charge in [-0.05, 0) is 29.8 Å². The first-order valence-electron chi connectivity index (χ1n) is 8.56. The van der Waals surface area contributed by atoms with Crippen LogP contribution in [0.3, 0.4) is 0 Å². The number of ether oxygens (including phenoxy) is 1. The lowest BCUT2D eigenvalue weighted by Gasteiger charge is -2.05. The quantitative estimate of drug-likeness (QED) is 0.432. The van der Waals surface area contributed by atoms with Crippen molar-refractivity contribution in [1.82, 2.24) is 5.32 Å². The summed E-state index contributed by atoms with van der Waals surface area (Å²) in [5.74, 6) is 6.17. The molecule has 0 saturated heterocycles. The van der Waals surface area contributed by atoms with Gasteiger partial charge in [0.25, 0.3) is 0 Å². The van der Waals surface area contributed by atoms with Crippen molar-refractivity contribution >= 4 is 29.3 Å². The molecule has 0 saturated carbocycles. The van der Waals surface area contributed by atoms with Crippen molar-refractivity contribution in [3.05, 3.63) is 65.7 Å². The standard InChI is InChI=1S/C21H21ClN2O3/c22-14-13-20(25)24-19-11-9-17(10-12-19)6-4-5-15-23-21(26)27-16-18-7-2-1-3-8-18/h1-3,7-12H,5,13-16H2,(H,23,26)(H,24,25). The van der Waals surface area contributed by atoms with E-state index in [1.54, 1.807) is 12.1 Å². The Balaban J connectivity index is 1.66. The normalized spacial score (nSPS) is 9.67. The van der Waals surface area contributed by atoms with Crippen molar-refractivity contribution in [2.24, 2.45) is 0 Å². The number of benzene rings is 2. The number of hydrogen-bond acceptors (Lipinski definition) is 3. The van der Waals surface area contributed by atoms with E-state index < -0.39 is 6.09 Å². The molecule has 0 aromatic heterocycles. The summed E-state index contributed by atoms with van der Waals surface area (Å²) in [6.07, 6.45) is 0.330. The van der Waals surface area contributed by atoms with Crippen molar-refractivity contribution < 1.29 is 14.3 Å². The average molecular weight is 385 g/mol. The topological polar surface area (TPSA) is 67.4 Å². The van der Waals surface area contributed by atoms with E-state index >= 15 is 0 Å². The summed E-state index contributed by atoms with van der Waals surface area (Å²) in [6.45, 7) is 0.652. The third-order valence-corrected chi connectivity index (χ3v) is 3.64. The van der Waals surface area contributed by atoms with Crippen molar-refractivity contribution in [1.29, 1.82) is 0 Å². The van der Waals surface area contributed by atoms with Crippen LogP contribution in [0.25, 0.3) is 0 Å². The fourth-order valence-electron chi connectivity index (χ4n) is 2.11. The fraction of sp³-hybridized carbons (Fsp3) is 0.238. The molecule has 0 aliphatic carbocycles.